The van der Waals surface area contributed by atoms with E-state index in [-0.39, 0.29) is 0 Å². The van der Waals surface area contributed by atoms with E-state index in [0.717, 1.165) is 29.2 Å². The SMILES string of the molecule is CCCCCCCCCCCCCCC(N)(N)C(=S)SCCC. The Balaban J connectivity index is 3.39. The fraction of sp³-hybridized carbons (Fsp3) is 0.947. The van der Waals surface area contributed by atoms with E-state index in [1.165, 1.54) is 70.6 Å². The summed E-state index contributed by atoms with van der Waals surface area (Å²) in [5, 5.41) is 0. The third-order valence-corrected chi connectivity index (χ3v) is 6.25. The summed E-state index contributed by atoms with van der Waals surface area (Å²) in [6.07, 6.45) is 18.2. The quantitative estimate of drug-likeness (QED) is 0.196. The first-order valence-electron chi connectivity index (χ1n) is 9.79. The Bertz CT molecular complexity index is 281. The molecule has 0 aromatic rings. The number of thioether (sulfide) groups is 1. The topological polar surface area (TPSA) is 52.0 Å². The van der Waals surface area contributed by atoms with Crippen molar-refractivity contribution in [2.45, 2.75) is 109 Å². The summed E-state index contributed by atoms with van der Waals surface area (Å²) < 4.78 is 0.780. The van der Waals surface area contributed by atoms with Gasteiger partial charge in [0.2, 0.25) is 0 Å². The zero-order valence-electron chi connectivity index (χ0n) is 15.6. The van der Waals surface area contributed by atoms with Crippen LogP contribution in [0.3, 0.4) is 0 Å². The van der Waals surface area contributed by atoms with Crippen LogP contribution in [0.4, 0.5) is 0 Å². The number of thiocarbonyl (C=S) groups is 1. The van der Waals surface area contributed by atoms with E-state index in [2.05, 4.69) is 13.8 Å². The van der Waals surface area contributed by atoms with Crippen molar-refractivity contribution in [2.24, 2.45) is 11.5 Å². The van der Waals surface area contributed by atoms with E-state index in [0.29, 0.717) is 0 Å². The molecule has 0 aliphatic carbocycles. The van der Waals surface area contributed by atoms with E-state index in [1.807, 2.05) is 0 Å². The molecule has 0 aliphatic heterocycles. The second kappa shape index (κ2) is 15.9. The lowest BCUT2D eigenvalue weighted by Crippen LogP contribution is -2.54. The summed E-state index contributed by atoms with van der Waals surface area (Å²) in [4.78, 5) is 0. The maximum Gasteiger partial charge on any atom is 0.106 e. The zero-order valence-corrected chi connectivity index (χ0v) is 17.2. The maximum absolute atomic E-state index is 6.15. The van der Waals surface area contributed by atoms with Gasteiger partial charge in [-0.1, -0.05) is 96.7 Å². The number of hydrogen-bond acceptors (Lipinski definition) is 4. The average Bonchev–Trinajstić information content (AvgIpc) is 2.53. The van der Waals surface area contributed by atoms with Crippen molar-refractivity contribution in [1.29, 1.82) is 0 Å². The summed E-state index contributed by atoms with van der Waals surface area (Å²) in [6, 6.07) is 0. The molecular formula is C19H40N2S2. The van der Waals surface area contributed by atoms with Gasteiger partial charge in [-0.15, -0.1) is 11.8 Å². The highest BCUT2D eigenvalue weighted by Crippen LogP contribution is 2.19. The van der Waals surface area contributed by atoms with E-state index in [9.17, 15) is 0 Å². The Morgan fingerprint density at radius 3 is 1.61 bits per heavy atom. The lowest BCUT2D eigenvalue weighted by molar-refractivity contribution is 0.490. The lowest BCUT2D eigenvalue weighted by atomic mass is 10.0. The molecule has 0 radical (unpaired) electrons. The van der Waals surface area contributed by atoms with Crippen molar-refractivity contribution in [3.8, 4) is 0 Å². The fourth-order valence-electron chi connectivity index (χ4n) is 2.69. The van der Waals surface area contributed by atoms with Crippen molar-refractivity contribution in [3.63, 3.8) is 0 Å². The van der Waals surface area contributed by atoms with Crippen LogP contribution in [0.15, 0.2) is 0 Å². The standard InChI is InChI=1S/C19H40N2S2/c1-3-5-6-7-8-9-10-11-12-13-14-15-16-19(20,21)18(22)23-17-4-2/h3-17,20-21H2,1-2H3. The van der Waals surface area contributed by atoms with Gasteiger partial charge in [0.05, 0.1) is 4.20 Å². The first-order valence-corrected chi connectivity index (χ1v) is 11.2. The molecule has 2 nitrogen and oxygen atoms in total. The van der Waals surface area contributed by atoms with Gasteiger partial charge in [0.1, 0.15) is 5.66 Å². The van der Waals surface area contributed by atoms with Crippen LogP contribution in [-0.4, -0.2) is 15.6 Å². The number of hydrogen-bond donors (Lipinski definition) is 2. The molecule has 4 N–H and O–H groups in total. The molecule has 0 bridgehead atoms. The maximum atomic E-state index is 6.15. The molecule has 0 amide bonds. The lowest BCUT2D eigenvalue weighted by Gasteiger charge is -2.25. The monoisotopic (exact) mass is 360 g/mol. The summed E-state index contributed by atoms with van der Waals surface area (Å²) >= 11 is 7.00. The molecule has 0 fully saturated rings. The van der Waals surface area contributed by atoms with Crippen molar-refractivity contribution in [3.05, 3.63) is 0 Å². The molecule has 0 unspecified atom stereocenters. The molecule has 0 heterocycles. The third-order valence-electron chi connectivity index (χ3n) is 4.26. The van der Waals surface area contributed by atoms with Gasteiger partial charge in [0, 0.05) is 0 Å². The van der Waals surface area contributed by atoms with E-state index < -0.39 is 5.66 Å². The van der Waals surface area contributed by atoms with Crippen molar-refractivity contribution < 1.29 is 0 Å². The van der Waals surface area contributed by atoms with Gasteiger partial charge in [0.25, 0.3) is 0 Å². The van der Waals surface area contributed by atoms with Gasteiger partial charge in [0.15, 0.2) is 0 Å². The second-order valence-electron chi connectivity index (χ2n) is 6.82. The van der Waals surface area contributed by atoms with Crippen molar-refractivity contribution >= 4 is 28.2 Å². The minimum Gasteiger partial charge on any atom is -0.309 e. The summed E-state index contributed by atoms with van der Waals surface area (Å²) in [7, 11) is 0. The Hall–Kier alpha value is 0.360. The van der Waals surface area contributed by atoms with Gasteiger partial charge in [-0.2, -0.15) is 0 Å². The van der Waals surface area contributed by atoms with Crippen LogP contribution in [0.25, 0.3) is 0 Å². The molecule has 0 atom stereocenters. The highest BCUT2D eigenvalue weighted by molar-refractivity contribution is 8.23. The summed E-state index contributed by atoms with van der Waals surface area (Å²) in [5.41, 5.74) is 11.5. The molecule has 138 valence electrons. The predicted octanol–water partition coefficient (Wildman–Crippen LogP) is 6.16. The Labute approximate surface area is 154 Å². The van der Waals surface area contributed by atoms with E-state index in [4.69, 9.17) is 23.7 Å². The van der Waals surface area contributed by atoms with Gasteiger partial charge in [-0.25, -0.2) is 0 Å². The highest BCUT2D eigenvalue weighted by atomic mass is 32.2. The molecular weight excluding hydrogens is 320 g/mol. The first-order chi connectivity index (χ1) is 11.0. The van der Waals surface area contributed by atoms with E-state index in [1.54, 1.807) is 11.8 Å². The molecule has 0 saturated carbocycles. The number of unbranched alkanes of at least 4 members (excludes halogenated alkanes) is 11. The summed E-state index contributed by atoms with van der Waals surface area (Å²) in [6.45, 7) is 4.42. The minimum atomic E-state index is -0.756. The molecule has 23 heavy (non-hydrogen) atoms. The van der Waals surface area contributed by atoms with Crippen LogP contribution >= 0.6 is 24.0 Å². The zero-order chi connectivity index (χ0) is 17.4. The summed E-state index contributed by atoms with van der Waals surface area (Å²) in [5.74, 6) is 1.02. The van der Waals surface area contributed by atoms with Gasteiger partial charge in [-0.3, -0.25) is 0 Å². The third kappa shape index (κ3) is 14.4. The van der Waals surface area contributed by atoms with Crippen LogP contribution in [0, 0.1) is 0 Å². The van der Waals surface area contributed by atoms with Crippen molar-refractivity contribution in [1.82, 2.24) is 0 Å². The van der Waals surface area contributed by atoms with Crippen molar-refractivity contribution in [2.75, 3.05) is 5.75 Å². The molecule has 0 saturated heterocycles. The average molecular weight is 361 g/mol. The molecule has 4 heteroatoms. The van der Waals surface area contributed by atoms with Crippen LogP contribution in [-0.2, 0) is 0 Å². The smallest absolute Gasteiger partial charge is 0.106 e. The Kier molecular flexibility index (Phi) is 16.1. The largest absolute Gasteiger partial charge is 0.309 e. The van der Waals surface area contributed by atoms with Gasteiger partial charge < -0.3 is 11.5 Å². The normalized spacial score (nSPS) is 11.8. The van der Waals surface area contributed by atoms with Gasteiger partial charge in [-0.05, 0) is 25.0 Å². The molecule has 0 rings (SSSR count). The fourth-order valence-corrected chi connectivity index (χ4v) is 3.80. The van der Waals surface area contributed by atoms with Crippen LogP contribution in [0.2, 0.25) is 0 Å². The molecule has 0 spiro atoms. The van der Waals surface area contributed by atoms with Crippen LogP contribution in [0.5, 0.6) is 0 Å². The van der Waals surface area contributed by atoms with E-state index >= 15 is 0 Å². The Morgan fingerprint density at radius 2 is 1.17 bits per heavy atom. The van der Waals surface area contributed by atoms with Crippen LogP contribution < -0.4 is 11.5 Å². The van der Waals surface area contributed by atoms with Gasteiger partial charge >= 0.3 is 0 Å². The number of nitrogens with two attached hydrogens (primary N) is 2. The highest BCUT2D eigenvalue weighted by Gasteiger charge is 2.24. The predicted molar refractivity (Wildman–Crippen MR) is 112 cm³/mol. The molecule has 0 aromatic carbocycles. The first kappa shape index (κ1) is 23.4. The minimum absolute atomic E-state index is 0.756. The van der Waals surface area contributed by atoms with Crippen LogP contribution in [0.1, 0.15) is 104 Å². The molecule has 0 aromatic heterocycles. The Morgan fingerprint density at radius 1 is 0.739 bits per heavy atom. The molecule has 0 aliphatic rings. The number of rotatable bonds is 16. The second-order valence-corrected chi connectivity index (χ2v) is 8.59.